The highest BCUT2D eigenvalue weighted by Crippen LogP contribution is 2.42. The average Bonchev–Trinajstić information content (AvgIpc) is 3.82. The van der Waals surface area contributed by atoms with Gasteiger partial charge in [-0.1, -0.05) is 133 Å². The number of para-hydroxylation sites is 1. The van der Waals surface area contributed by atoms with Crippen molar-refractivity contribution in [1.82, 2.24) is 19.5 Å². The van der Waals surface area contributed by atoms with E-state index in [4.69, 9.17) is 18.1 Å². The van der Waals surface area contributed by atoms with E-state index in [2.05, 4.69) is 68.0 Å². The molecule has 0 saturated heterocycles. The van der Waals surface area contributed by atoms with Gasteiger partial charge in [0.25, 0.3) is 0 Å². The molecule has 0 aliphatic rings. The van der Waals surface area contributed by atoms with Gasteiger partial charge in [0.2, 0.25) is 0 Å². The Balaban J connectivity index is 1.21. The molecule has 10 rings (SSSR count). The summed E-state index contributed by atoms with van der Waals surface area (Å²) < 4.78 is 92.8. The molecule has 10 aromatic rings. The maximum Gasteiger partial charge on any atom is 0.164 e. The summed E-state index contributed by atoms with van der Waals surface area (Å²) in [5.41, 5.74) is 5.91. The summed E-state index contributed by atoms with van der Waals surface area (Å²) in [7, 11) is 0. The van der Waals surface area contributed by atoms with Crippen molar-refractivity contribution >= 4 is 43.7 Å². The molecule has 0 radical (unpaired) electrons. The molecular formula is C45H28N4O. The molecule has 0 spiro atoms. The monoisotopic (exact) mass is 650 g/mol. The Bertz CT molecular complexity index is 3310. The van der Waals surface area contributed by atoms with E-state index in [0.717, 1.165) is 49.4 Å². The maximum absolute atomic E-state index is 8.66. The van der Waals surface area contributed by atoms with Gasteiger partial charge in [0.05, 0.1) is 35.8 Å². The quantitative estimate of drug-likeness (QED) is 0.186. The molecule has 50 heavy (non-hydrogen) atoms. The molecule has 0 bridgehead atoms. The van der Waals surface area contributed by atoms with Crippen molar-refractivity contribution in [1.29, 1.82) is 0 Å². The van der Waals surface area contributed by atoms with E-state index >= 15 is 0 Å². The van der Waals surface area contributed by atoms with E-state index in [0.29, 0.717) is 16.7 Å². The normalized spacial score (nSPS) is 14.4. The third kappa shape index (κ3) is 4.52. The van der Waals surface area contributed by atoms with Gasteiger partial charge in [0.1, 0.15) is 11.2 Å². The van der Waals surface area contributed by atoms with Gasteiger partial charge >= 0.3 is 0 Å². The Kier molecular flexibility index (Phi) is 4.52. The summed E-state index contributed by atoms with van der Waals surface area (Å²) >= 11 is 0. The maximum atomic E-state index is 8.66. The van der Waals surface area contributed by atoms with Crippen molar-refractivity contribution in [3.05, 3.63) is 170 Å². The van der Waals surface area contributed by atoms with Crippen LogP contribution in [0.1, 0.15) is 13.7 Å². The topological polar surface area (TPSA) is 56.7 Å². The minimum absolute atomic E-state index is 0.0490. The van der Waals surface area contributed by atoms with E-state index < -0.39 is 60.4 Å². The van der Waals surface area contributed by atoms with Gasteiger partial charge in [0.15, 0.2) is 17.5 Å². The predicted molar refractivity (Wildman–Crippen MR) is 203 cm³/mol. The van der Waals surface area contributed by atoms with Crippen LogP contribution in [-0.2, 0) is 0 Å². The number of hydrogen-bond donors (Lipinski definition) is 0. The molecule has 0 amide bonds. The molecule has 0 saturated carbocycles. The van der Waals surface area contributed by atoms with Crippen LogP contribution in [0.4, 0.5) is 0 Å². The lowest BCUT2D eigenvalue weighted by Crippen LogP contribution is -2.00. The van der Waals surface area contributed by atoms with Gasteiger partial charge in [-0.15, -0.1) is 0 Å². The Labute approximate surface area is 301 Å². The number of furan rings is 1. The van der Waals surface area contributed by atoms with Crippen LogP contribution in [0, 0.1) is 0 Å². The number of rotatable bonds is 5. The van der Waals surface area contributed by atoms with Crippen molar-refractivity contribution in [3.63, 3.8) is 0 Å². The van der Waals surface area contributed by atoms with Crippen LogP contribution >= 0.6 is 0 Å². The van der Waals surface area contributed by atoms with Gasteiger partial charge in [-0.05, 0) is 47.5 Å². The number of fused-ring (bicyclic) bond motifs is 6. The largest absolute Gasteiger partial charge is 0.456 e. The van der Waals surface area contributed by atoms with E-state index in [9.17, 15) is 0 Å². The van der Waals surface area contributed by atoms with E-state index in [1.807, 2.05) is 48.5 Å². The van der Waals surface area contributed by atoms with E-state index in [1.165, 1.54) is 0 Å². The SMILES string of the molecule is [2H]c1c([2H])c([2H])c(-c2nc(-c3ccc4c(c3)oc3cccc(-n5c6ccccc6c6c(-c7ccccc7)cccc65)c34)nc(-c3c([2H])c([2H])c([2H])c([2H])c3[2H])n2)c([2H])c1[2H]. The molecule has 7 aromatic carbocycles. The smallest absolute Gasteiger partial charge is 0.164 e. The number of aromatic nitrogens is 4. The number of benzene rings is 7. The molecule has 0 aliphatic heterocycles. The van der Waals surface area contributed by atoms with Crippen LogP contribution in [0.2, 0.25) is 0 Å². The molecule has 234 valence electrons. The standard InChI is InChI=1S/C45H28N4O/c1-4-14-29(15-5-1)33-21-12-23-37-41(33)34-20-10-11-22-36(34)49(37)38-24-13-25-39-42(38)35-27-26-32(28-40(35)50-39)45-47-43(30-16-6-2-7-17-30)46-44(48-45)31-18-8-3-9-19-31/h1-28H/i2D,3D,6D,7D,8D,9D,16D,17D,18D,19D. The Hall–Kier alpha value is -6.85. The van der Waals surface area contributed by atoms with Crippen LogP contribution in [-0.4, -0.2) is 19.5 Å². The molecule has 3 aromatic heterocycles. The summed E-state index contributed by atoms with van der Waals surface area (Å²) in [5.74, 6) is -0.730. The third-order valence-corrected chi connectivity index (χ3v) is 8.84. The highest BCUT2D eigenvalue weighted by molar-refractivity contribution is 6.18. The molecular weight excluding hydrogens is 613 g/mol. The molecule has 0 fully saturated rings. The van der Waals surface area contributed by atoms with Gasteiger partial charge in [0, 0.05) is 32.8 Å². The van der Waals surface area contributed by atoms with Gasteiger partial charge in [-0.2, -0.15) is 0 Å². The molecule has 0 unspecified atom stereocenters. The van der Waals surface area contributed by atoms with Gasteiger partial charge in [-0.25, -0.2) is 15.0 Å². The second-order valence-electron chi connectivity index (χ2n) is 11.7. The first kappa shape index (κ1) is 19.8. The summed E-state index contributed by atoms with van der Waals surface area (Å²) in [4.78, 5) is 13.6. The first-order valence-electron chi connectivity index (χ1n) is 20.9. The second kappa shape index (κ2) is 11.4. The summed E-state index contributed by atoms with van der Waals surface area (Å²) in [5, 5.41) is 3.84. The Morgan fingerprint density at radius 2 is 1.10 bits per heavy atom. The Morgan fingerprint density at radius 1 is 0.460 bits per heavy atom. The highest BCUT2D eigenvalue weighted by atomic mass is 16.3. The first-order chi connectivity index (χ1) is 28.9. The van der Waals surface area contributed by atoms with Gasteiger partial charge < -0.3 is 8.98 Å². The van der Waals surface area contributed by atoms with E-state index in [1.54, 1.807) is 12.1 Å². The van der Waals surface area contributed by atoms with Crippen LogP contribution in [0.25, 0.3) is 94.7 Å². The van der Waals surface area contributed by atoms with Crippen molar-refractivity contribution in [2.24, 2.45) is 0 Å². The molecule has 0 aliphatic carbocycles. The van der Waals surface area contributed by atoms with Crippen molar-refractivity contribution in [2.45, 2.75) is 0 Å². The van der Waals surface area contributed by atoms with Crippen LogP contribution < -0.4 is 0 Å². The predicted octanol–water partition coefficient (Wildman–Crippen LogP) is 11.5. The van der Waals surface area contributed by atoms with Crippen molar-refractivity contribution < 1.29 is 18.1 Å². The zero-order chi connectivity index (χ0) is 41.7. The summed E-state index contributed by atoms with van der Waals surface area (Å²) in [6.45, 7) is 0. The highest BCUT2D eigenvalue weighted by Gasteiger charge is 2.20. The molecule has 0 N–H and O–H groups in total. The zero-order valence-corrected chi connectivity index (χ0v) is 26.1. The molecule has 5 nitrogen and oxygen atoms in total. The second-order valence-corrected chi connectivity index (χ2v) is 11.7. The molecule has 5 heteroatoms. The van der Waals surface area contributed by atoms with Crippen molar-refractivity contribution in [3.8, 4) is 51.0 Å². The van der Waals surface area contributed by atoms with Crippen LogP contribution in [0.5, 0.6) is 0 Å². The van der Waals surface area contributed by atoms with Crippen LogP contribution in [0.3, 0.4) is 0 Å². The minimum Gasteiger partial charge on any atom is -0.456 e. The van der Waals surface area contributed by atoms with Gasteiger partial charge in [-0.3, -0.25) is 0 Å². The fourth-order valence-corrected chi connectivity index (χ4v) is 6.72. The number of nitrogens with zero attached hydrogens (tertiary/aromatic N) is 4. The number of hydrogen-bond acceptors (Lipinski definition) is 4. The zero-order valence-electron chi connectivity index (χ0n) is 36.1. The van der Waals surface area contributed by atoms with E-state index in [-0.39, 0.29) is 28.6 Å². The lowest BCUT2D eigenvalue weighted by atomic mass is 9.99. The minimum atomic E-state index is -0.614. The van der Waals surface area contributed by atoms with Crippen LogP contribution in [0.15, 0.2) is 174 Å². The fraction of sp³-hybridized carbons (Fsp3) is 0. The first-order valence-corrected chi connectivity index (χ1v) is 15.9. The summed E-state index contributed by atoms with van der Waals surface area (Å²) in [6.07, 6.45) is 0. The molecule has 0 atom stereocenters. The summed E-state index contributed by atoms with van der Waals surface area (Å²) in [6, 6.07) is 30.1. The average molecular weight is 651 g/mol. The fourth-order valence-electron chi connectivity index (χ4n) is 6.72. The third-order valence-electron chi connectivity index (χ3n) is 8.84. The van der Waals surface area contributed by atoms with Crippen molar-refractivity contribution in [2.75, 3.05) is 0 Å². The Morgan fingerprint density at radius 3 is 1.84 bits per heavy atom. The lowest BCUT2D eigenvalue weighted by Gasteiger charge is -2.10. The molecule has 3 heterocycles. The lowest BCUT2D eigenvalue weighted by molar-refractivity contribution is 0.669.